The van der Waals surface area contributed by atoms with Gasteiger partial charge in [-0.3, -0.25) is 4.79 Å². The molecule has 1 aliphatic rings. The number of carbonyl (C=O) groups is 1. The monoisotopic (exact) mass is 331 g/mol. The van der Waals surface area contributed by atoms with Crippen LogP contribution in [0.15, 0.2) is 24.3 Å². The van der Waals surface area contributed by atoms with E-state index in [0.717, 1.165) is 37.3 Å². The zero-order valence-electron chi connectivity index (χ0n) is 13.5. The molecule has 23 heavy (non-hydrogen) atoms. The van der Waals surface area contributed by atoms with Crippen LogP contribution in [0, 0.1) is 12.8 Å². The third-order valence-electron chi connectivity index (χ3n) is 4.27. The maximum atomic E-state index is 12.6. The highest BCUT2D eigenvalue weighted by molar-refractivity contribution is 6.99. The molecular formula is C17H21N3O2S. The number of aryl methyl sites for hydroxylation is 1. The first-order valence-corrected chi connectivity index (χ1v) is 8.66. The molecule has 1 fully saturated rings. The molecule has 3 rings (SSSR count). The molecule has 2 aromatic rings. The van der Waals surface area contributed by atoms with Crippen LogP contribution in [-0.4, -0.2) is 32.6 Å². The third kappa shape index (κ3) is 3.88. The van der Waals surface area contributed by atoms with Gasteiger partial charge >= 0.3 is 0 Å². The predicted octanol–water partition coefficient (Wildman–Crippen LogP) is 3.30. The van der Waals surface area contributed by atoms with Crippen molar-refractivity contribution < 1.29 is 9.53 Å². The predicted molar refractivity (Wildman–Crippen MR) is 89.7 cm³/mol. The van der Waals surface area contributed by atoms with E-state index in [1.165, 1.54) is 11.7 Å². The number of aromatic nitrogens is 2. The van der Waals surface area contributed by atoms with Crippen molar-refractivity contribution in [3.8, 4) is 5.75 Å². The van der Waals surface area contributed by atoms with E-state index in [9.17, 15) is 4.79 Å². The van der Waals surface area contributed by atoms with Crippen LogP contribution in [0.4, 0.5) is 0 Å². The molecule has 0 saturated carbocycles. The first kappa shape index (κ1) is 15.9. The lowest BCUT2D eigenvalue weighted by Gasteiger charge is -2.30. The molecule has 0 aliphatic carbocycles. The van der Waals surface area contributed by atoms with Gasteiger partial charge in [-0.15, -0.1) is 0 Å². The Bertz CT molecular complexity index is 678. The van der Waals surface area contributed by atoms with Gasteiger partial charge in [0.25, 0.3) is 5.91 Å². The smallest absolute Gasteiger partial charge is 0.253 e. The molecule has 1 aromatic carbocycles. The van der Waals surface area contributed by atoms with E-state index >= 15 is 0 Å². The fraction of sp³-hybridized carbons (Fsp3) is 0.471. The number of nitrogens with zero attached hydrogens (tertiary/aromatic N) is 3. The van der Waals surface area contributed by atoms with E-state index in [4.69, 9.17) is 4.74 Å². The normalized spacial score (nSPS) is 15.7. The lowest BCUT2D eigenvalue weighted by atomic mass is 9.98. The van der Waals surface area contributed by atoms with Crippen molar-refractivity contribution in [2.45, 2.75) is 33.3 Å². The number of rotatable bonds is 4. The molecule has 0 radical (unpaired) electrons. The molecule has 0 N–H and O–H groups in total. The SMILES string of the molecule is Cc1nsnc1COc1cccc(C(=O)N2CCC(C)CC2)c1. The van der Waals surface area contributed by atoms with Gasteiger partial charge in [-0.05, 0) is 43.9 Å². The zero-order chi connectivity index (χ0) is 16.2. The standard InChI is InChI=1S/C17H21N3O2S/c1-12-6-8-20(9-7-12)17(21)14-4-3-5-15(10-14)22-11-16-13(2)18-23-19-16/h3-5,10,12H,6-9,11H2,1-2H3. The molecule has 0 unspecified atom stereocenters. The topological polar surface area (TPSA) is 55.3 Å². The minimum atomic E-state index is 0.0915. The molecule has 0 spiro atoms. The maximum Gasteiger partial charge on any atom is 0.253 e. The highest BCUT2D eigenvalue weighted by Gasteiger charge is 2.21. The lowest BCUT2D eigenvalue weighted by Crippen LogP contribution is -2.37. The van der Waals surface area contributed by atoms with E-state index in [1.54, 1.807) is 0 Å². The maximum absolute atomic E-state index is 12.6. The average Bonchev–Trinajstić information content (AvgIpc) is 2.98. The van der Waals surface area contributed by atoms with Crippen molar-refractivity contribution in [1.29, 1.82) is 0 Å². The van der Waals surface area contributed by atoms with Crippen LogP contribution >= 0.6 is 11.7 Å². The summed E-state index contributed by atoms with van der Waals surface area (Å²) in [6.45, 7) is 6.22. The van der Waals surface area contributed by atoms with Crippen molar-refractivity contribution >= 4 is 17.6 Å². The number of benzene rings is 1. The van der Waals surface area contributed by atoms with Gasteiger partial charge in [-0.2, -0.15) is 8.75 Å². The Hall–Kier alpha value is -1.95. The second-order valence-electron chi connectivity index (χ2n) is 6.09. The van der Waals surface area contributed by atoms with Gasteiger partial charge in [-0.1, -0.05) is 13.0 Å². The van der Waals surface area contributed by atoms with Crippen LogP contribution in [0.3, 0.4) is 0 Å². The van der Waals surface area contributed by atoms with Gasteiger partial charge in [0.2, 0.25) is 0 Å². The second-order valence-corrected chi connectivity index (χ2v) is 6.62. The summed E-state index contributed by atoms with van der Waals surface area (Å²) >= 11 is 1.19. The van der Waals surface area contributed by atoms with Crippen molar-refractivity contribution in [3.63, 3.8) is 0 Å². The first-order chi connectivity index (χ1) is 11.1. The molecule has 5 nitrogen and oxygen atoms in total. The number of likely N-dealkylation sites (tertiary alicyclic amines) is 1. The fourth-order valence-electron chi connectivity index (χ4n) is 2.65. The Kier molecular flexibility index (Phi) is 4.91. The fourth-order valence-corrected chi connectivity index (χ4v) is 3.20. The highest BCUT2D eigenvalue weighted by atomic mass is 32.1. The Morgan fingerprint density at radius 1 is 1.35 bits per heavy atom. The van der Waals surface area contributed by atoms with Crippen molar-refractivity contribution in [1.82, 2.24) is 13.6 Å². The van der Waals surface area contributed by atoms with Gasteiger partial charge in [0.15, 0.2) is 0 Å². The van der Waals surface area contributed by atoms with E-state index in [0.29, 0.717) is 23.8 Å². The molecule has 0 atom stereocenters. The number of hydrogen-bond acceptors (Lipinski definition) is 5. The van der Waals surface area contributed by atoms with E-state index in [-0.39, 0.29) is 5.91 Å². The van der Waals surface area contributed by atoms with Gasteiger partial charge in [-0.25, -0.2) is 0 Å². The summed E-state index contributed by atoms with van der Waals surface area (Å²) in [4.78, 5) is 14.5. The Balaban J connectivity index is 1.65. The number of hydrogen-bond donors (Lipinski definition) is 0. The van der Waals surface area contributed by atoms with Gasteiger partial charge in [0.1, 0.15) is 18.1 Å². The van der Waals surface area contributed by atoms with Crippen molar-refractivity contribution in [2.75, 3.05) is 13.1 Å². The van der Waals surface area contributed by atoms with E-state index < -0.39 is 0 Å². The quantitative estimate of drug-likeness (QED) is 0.862. The molecule has 1 amide bonds. The third-order valence-corrected chi connectivity index (χ3v) is 4.93. The zero-order valence-corrected chi connectivity index (χ0v) is 14.3. The number of amides is 1. The Morgan fingerprint density at radius 3 is 2.83 bits per heavy atom. The molecule has 0 bridgehead atoms. The lowest BCUT2D eigenvalue weighted by molar-refractivity contribution is 0.0696. The minimum Gasteiger partial charge on any atom is -0.487 e. The molecular weight excluding hydrogens is 310 g/mol. The van der Waals surface area contributed by atoms with Gasteiger partial charge < -0.3 is 9.64 Å². The summed E-state index contributed by atoms with van der Waals surface area (Å²) in [5, 5.41) is 0. The molecule has 1 saturated heterocycles. The first-order valence-electron chi connectivity index (χ1n) is 7.93. The number of piperidine rings is 1. The average molecular weight is 331 g/mol. The molecule has 2 heterocycles. The van der Waals surface area contributed by atoms with Crippen LogP contribution < -0.4 is 4.74 Å². The van der Waals surface area contributed by atoms with Crippen LogP contribution in [0.25, 0.3) is 0 Å². The number of carbonyl (C=O) groups excluding carboxylic acids is 1. The summed E-state index contributed by atoms with van der Waals surface area (Å²) in [6, 6.07) is 7.39. The second kappa shape index (κ2) is 7.08. The van der Waals surface area contributed by atoms with Gasteiger partial charge in [0, 0.05) is 18.7 Å². The van der Waals surface area contributed by atoms with Crippen LogP contribution in [0.1, 0.15) is 41.5 Å². The molecule has 6 heteroatoms. The Morgan fingerprint density at radius 2 is 2.13 bits per heavy atom. The summed E-state index contributed by atoms with van der Waals surface area (Å²) in [5.74, 6) is 1.49. The molecule has 1 aromatic heterocycles. The van der Waals surface area contributed by atoms with Gasteiger partial charge in [0.05, 0.1) is 17.4 Å². The number of ether oxygens (including phenoxy) is 1. The minimum absolute atomic E-state index is 0.0915. The largest absolute Gasteiger partial charge is 0.487 e. The van der Waals surface area contributed by atoms with E-state index in [1.807, 2.05) is 36.1 Å². The van der Waals surface area contributed by atoms with Crippen LogP contribution in [-0.2, 0) is 6.61 Å². The summed E-state index contributed by atoms with van der Waals surface area (Å²) in [6.07, 6.45) is 2.16. The summed E-state index contributed by atoms with van der Waals surface area (Å²) in [7, 11) is 0. The summed E-state index contributed by atoms with van der Waals surface area (Å²) < 4.78 is 14.1. The van der Waals surface area contributed by atoms with Crippen LogP contribution in [0.5, 0.6) is 5.75 Å². The summed E-state index contributed by atoms with van der Waals surface area (Å²) in [5.41, 5.74) is 2.42. The van der Waals surface area contributed by atoms with Crippen molar-refractivity contribution in [3.05, 3.63) is 41.2 Å². The van der Waals surface area contributed by atoms with Crippen LogP contribution in [0.2, 0.25) is 0 Å². The van der Waals surface area contributed by atoms with Crippen molar-refractivity contribution in [2.24, 2.45) is 5.92 Å². The molecule has 1 aliphatic heterocycles. The molecule has 122 valence electrons. The van der Waals surface area contributed by atoms with E-state index in [2.05, 4.69) is 15.7 Å². The highest BCUT2D eigenvalue weighted by Crippen LogP contribution is 2.21. The Labute approximate surface area is 140 Å².